The van der Waals surface area contributed by atoms with E-state index in [-0.39, 0.29) is 61.6 Å². The molecule has 46 heavy (non-hydrogen) atoms. The maximum atomic E-state index is 14.1. The number of ether oxygens (including phenoxy) is 1. The van der Waals surface area contributed by atoms with E-state index in [0.29, 0.717) is 5.56 Å². The van der Waals surface area contributed by atoms with E-state index in [0.717, 1.165) is 17.0 Å². The van der Waals surface area contributed by atoms with Gasteiger partial charge in [-0.15, -0.1) is 0 Å². The summed E-state index contributed by atoms with van der Waals surface area (Å²) >= 11 is 0. The molecule has 4 rings (SSSR count). The minimum Gasteiger partial charge on any atom is -0.465 e. The van der Waals surface area contributed by atoms with E-state index in [1.54, 1.807) is 0 Å². The van der Waals surface area contributed by atoms with Gasteiger partial charge in [-0.3, -0.25) is 8.98 Å². The molecule has 2 aromatic carbocycles. The molecule has 0 saturated carbocycles. The van der Waals surface area contributed by atoms with Gasteiger partial charge < -0.3 is 15.0 Å². The molecule has 0 spiro atoms. The van der Waals surface area contributed by atoms with Crippen LogP contribution in [0.2, 0.25) is 0 Å². The van der Waals surface area contributed by atoms with E-state index in [2.05, 4.69) is 19.3 Å². The Labute approximate surface area is 260 Å². The number of rotatable bonds is 11. The molecule has 10 nitrogen and oxygen atoms in total. The highest BCUT2D eigenvalue weighted by atomic mass is 32.2. The third-order valence-corrected chi connectivity index (χ3v) is 7.82. The Morgan fingerprint density at radius 1 is 1.02 bits per heavy atom. The van der Waals surface area contributed by atoms with Crippen molar-refractivity contribution in [3.8, 4) is 0 Å². The van der Waals surface area contributed by atoms with E-state index >= 15 is 0 Å². The summed E-state index contributed by atoms with van der Waals surface area (Å²) in [6.45, 7) is 1.01. The summed E-state index contributed by atoms with van der Waals surface area (Å²) in [5.74, 6) is -1.87. The highest BCUT2D eigenvalue weighted by Crippen LogP contribution is 2.39. The van der Waals surface area contributed by atoms with Gasteiger partial charge in [0.25, 0.3) is 16.0 Å². The highest BCUT2D eigenvalue weighted by Gasteiger charge is 2.44. The van der Waals surface area contributed by atoms with Crippen LogP contribution >= 0.6 is 0 Å². The van der Waals surface area contributed by atoms with Crippen molar-refractivity contribution in [1.29, 1.82) is 0 Å². The lowest BCUT2D eigenvalue weighted by Crippen LogP contribution is -2.31. The van der Waals surface area contributed by atoms with Crippen LogP contribution in [0.25, 0.3) is 0 Å². The zero-order valence-corrected chi connectivity index (χ0v) is 25.6. The number of hydrogen-bond donors (Lipinski definition) is 1. The average Bonchev–Trinajstić information content (AvgIpc) is 3.54. The Morgan fingerprint density at radius 3 is 2.28 bits per heavy atom. The number of esters is 1. The SMILES string of the molecule is COC(=O)c1ccc([C@H](C)NC(=O)c2c(C(F)(F)F)nn3c2N(Cc2ccc(CCCOS(C)(=O)=O)c(C(F)(F)F)c2)CC3)cc1. The van der Waals surface area contributed by atoms with Crippen molar-refractivity contribution in [3.63, 3.8) is 0 Å². The van der Waals surface area contributed by atoms with Crippen molar-refractivity contribution in [2.24, 2.45) is 0 Å². The number of alkyl halides is 6. The van der Waals surface area contributed by atoms with Gasteiger partial charge in [-0.2, -0.15) is 39.9 Å². The fourth-order valence-electron chi connectivity index (χ4n) is 5.09. The monoisotopic (exact) mass is 676 g/mol. The number of aryl methyl sites for hydroxylation is 1. The number of nitrogens with zero attached hydrogens (tertiary/aromatic N) is 3. The lowest BCUT2D eigenvalue weighted by Gasteiger charge is -2.22. The van der Waals surface area contributed by atoms with E-state index in [9.17, 15) is 44.3 Å². The standard InChI is InChI=1S/C29H30F6N4O6S/c1-17(19-8-10-21(11-9-19)27(41)44-2)36-25(40)23-24(29(33,34)35)37-39-13-12-38(26(23)39)16-18-6-7-20(22(15-18)28(30,31)32)5-4-14-45-46(3,42)43/h6-11,15,17H,4-5,12-14,16H2,1-3H3,(H,36,40)/t17-/m0/s1. The first kappa shape index (κ1) is 34.7. The number of nitrogens with one attached hydrogen (secondary N) is 1. The molecule has 3 aromatic rings. The molecule has 0 radical (unpaired) electrons. The van der Waals surface area contributed by atoms with Crippen LogP contribution in [0.15, 0.2) is 42.5 Å². The third-order valence-electron chi connectivity index (χ3n) is 7.22. The first-order chi connectivity index (χ1) is 21.4. The number of benzene rings is 2. The fraction of sp³-hybridized carbons (Fsp3) is 0.414. The smallest absolute Gasteiger partial charge is 0.436 e. The number of anilines is 1. The van der Waals surface area contributed by atoms with Gasteiger partial charge in [-0.1, -0.05) is 24.3 Å². The second kappa shape index (κ2) is 13.3. The molecule has 0 fully saturated rings. The second-order valence-corrected chi connectivity index (χ2v) is 12.3. The molecule has 1 atom stereocenters. The Kier molecular flexibility index (Phi) is 10.1. The summed E-state index contributed by atoms with van der Waals surface area (Å²) in [6, 6.07) is 8.61. The molecule has 0 bridgehead atoms. The van der Waals surface area contributed by atoms with E-state index in [1.807, 2.05) is 0 Å². The van der Waals surface area contributed by atoms with Crippen molar-refractivity contribution < 1.29 is 53.3 Å². The summed E-state index contributed by atoms with van der Waals surface area (Å²) in [5, 5.41) is 6.15. The fourth-order valence-corrected chi connectivity index (χ4v) is 5.51. The van der Waals surface area contributed by atoms with E-state index in [1.165, 1.54) is 55.3 Å². The van der Waals surface area contributed by atoms with Gasteiger partial charge in [0, 0.05) is 13.1 Å². The molecule has 1 aliphatic rings. The number of aromatic nitrogens is 2. The van der Waals surface area contributed by atoms with Crippen LogP contribution in [-0.4, -0.2) is 56.6 Å². The topological polar surface area (TPSA) is 120 Å². The maximum absolute atomic E-state index is 14.1. The molecule has 0 saturated heterocycles. The zero-order chi connectivity index (χ0) is 34.0. The molecular formula is C29H30F6N4O6S. The molecule has 250 valence electrons. The number of hydrogen-bond acceptors (Lipinski definition) is 8. The van der Waals surface area contributed by atoms with Crippen molar-refractivity contribution in [2.45, 2.75) is 51.2 Å². The van der Waals surface area contributed by atoms with Gasteiger partial charge >= 0.3 is 18.3 Å². The van der Waals surface area contributed by atoms with Crippen molar-refractivity contribution in [2.75, 3.05) is 31.4 Å². The molecule has 0 aliphatic carbocycles. The molecule has 2 heterocycles. The van der Waals surface area contributed by atoms with Crippen molar-refractivity contribution >= 4 is 27.8 Å². The van der Waals surface area contributed by atoms with Gasteiger partial charge in [0.05, 0.1) is 43.7 Å². The quantitative estimate of drug-likeness (QED) is 0.129. The average molecular weight is 677 g/mol. The van der Waals surface area contributed by atoms with Crippen molar-refractivity contribution in [3.05, 3.63) is 81.5 Å². The lowest BCUT2D eigenvalue weighted by atomic mass is 9.99. The first-order valence-corrected chi connectivity index (χ1v) is 15.7. The van der Waals surface area contributed by atoms with Gasteiger partial charge in [-0.05, 0) is 54.7 Å². The van der Waals surface area contributed by atoms with Crippen LogP contribution < -0.4 is 10.2 Å². The summed E-state index contributed by atoms with van der Waals surface area (Å²) < 4.78 is 117. The molecule has 1 aliphatic heterocycles. The van der Waals surface area contributed by atoms with E-state index in [4.69, 9.17) is 0 Å². The summed E-state index contributed by atoms with van der Waals surface area (Å²) in [7, 11) is -2.55. The predicted octanol–water partition coefficient (Wildman–Crippen LogP) is 5.13. The van der Waals surface area contributed by atoms with Crippen LogP contribution in [0, 0.1) is 0 Å². The number of carbonyl (C=O) groups excluding carboxylic acids is 2. The third kappa shape index (κ3) is 8.17. The Bertz CT molecular complexity index is 1700. The highest BCUT2D eigenvalue weighted by molar-refractivity contribution is 7.85. The van der Waals surface area contributed by atoms with Crippen LogP contribution in [0.5, 0.6) is 0 Å². The van der Waals surface area contributed by atoms with Crippen LogP contribution in [0.4, 0.5) is 32.2 Å². The summed E-state index contributed by atoms with van der Waals surface area (Å²) in [6.07, 6.45) is -9.09. The number of fused-ring (bicyclic) bond motifs is 1. The minimum absolute atomic E-state index is 0.00660. The molecule has 17 heteroatoms. The predicted molar refractivity (Wildman–Crippen MR) is 153 cm³/mol. The van der Waals surface area contributed by atoms with Gasteiger partial charge in [0.1, 0.15) is 11.4 Å². The number of amides is 1. The van der Waals surface area contributed by atoms with E-state index < -0.39 is 57.2 Å². The van der Waals surface area contributed by atoms with Crippen LogP contribution in [0.3, 0.4) is 0 Å². The van der Waals surface area contributed by atoms with Gasteiger partial charge in [0.2, 0.25) is 0 Å². The van der Waals surface area contributed by atoms with Crippen LogP contribution in [0.1, 0.15) is 68.1 Å². The summed E-state index contributed by atoms with van der Waals surface area (Å²) in [5.41, 5.74) is -2.43. The first-order valence-electron chi connectivity index (χ1n) is 13.8. The minimum atomic E-state index is -5.01. The Hall–Kier alpha value is -4.12. The molecule has 1 N–H and O–H groups in total. The van der Waals surface area contributed by atoms with Gasteiger partial charge in [0.15, 0.2) is 5.69 Å². The Morgan fingerprint density at radius 2 is 1.70 bits per heavy atom. The number of halogens is 6. The summed E-state index contributed by atoms with van der Waals surface area (Å²) in [4.78, 5) is 26.5. The number of carbonyl (C=O) groups is 2. The largest absolute Gasteiger partial charge is 0.465 e. The second-order valence-electron chi connectivity index (χ2n) is 10.6. The normalized spacial score (nSPS) is 14.2. The molecule has 1 amide bonds. The Balaban J connectivity index is 1.60. The van der Waals surface area contributed by atoms with Crippen LogP contribution in [-0.2, 0) is 50.9 Å². The molecule has 0 unspecified atom stereocenters. The number of methoxy groups -OCH3 is 1. The zero-order valence-electron chi connectivity index (χ0n) is 24.8. The van der Waals surface area contributed by atoms with Gasteiger partial charge in [-0.25, -0.2) is 9.48 Å². The lowest BCUT2D eigenvalue weighted by molar-refractivity contribution is -0.142. The molecular weight excluding hydrogens is 646 g/mol. The maximum Gasteiger partial charge on any atom is 0.436 e. The van der Waals surface area contributed by atoms with Crippen molar-refractivity contribution in [1.82, 2.24) is 15.1 Å². The molecule has 1 aromatic heterocycles.